The van der Waals surface area contributed by atoms with Crippen molar-refractivity contribution in [1.82, 2.24) is 0 Å². The highest BCUT2D eigenvalue weighted by atomic mass is 32.2. The Labute approximate surface area is 127 Å². The van der Waals surface area contributed by atoms with Gasteiger partial charge in [-0.15, -0.1) is 11.8 Å². The molecule has 2 nitrogen and oxygen atoms in total. The van der Waals surface area contributed by atoms with Crippen molar-refractivity contribution >= 4 is 11.8 Å². The van der Waals surface area contributed by atoms with E-state index in [4.69, 9.17) is 5.73 Å². The Hall–Kier alpha value is -0.510. The van der Waals surface area contributed by atoms with E-state index in [0.29, 0.717) is 5.92 Å². The van der Waals surface area contributed by atoms with Gasteiger partial charge < -0.3 is 10.8 Å². The minimum atomic E-state index is -0.293. The molecule has 1 aliphatic carbocycles. The highest BCUT2D eigenvalue weighted by Crippen LogP contribution is 2.27. The molecule has 1 aromatic rings. The smallest absolute Gasteiger partial charge is 0.0648 e. The van der Waals surface area contributed by atoms with Crippen LogP contribution in [0.15, 0.2) is 35.2 Å². The number of nitrogens with two attached hydrogens (primary N) is 1. The van der Waals surface area contributed by atoms with Gasteiger partial charge in [-0.25, -0.2) is 0 Å². The zero-order valence-electron chi connectivity index (χ0n) is 12.2. The number of aliphatic hydroxyl groups is 1. The first kappa shape index (κ1) is 15.9. The molecule has 0 aliphatic heterocycles. The van der Waals surface area contributed by atoms with E-state index in [2.05, 4.69) is 12.1 Å². The molecule has 0 bridgehead atoms. The van der Waals surface area contributed by atoms with Crippen molar-refractivity contribution in [2.24, 2.45) is 11.7 Å². The Bertz CT molecular complexity index is 363. The van der Waals surface area contributed by atoms with Crippen LogP contribution in [0.1, 0.15) is 44.9 Å². The van der Waals surface area contributed by atoms with Crippen molar-refractivity contribution in [1.29, 1.82) is 0 Å². The van der Waals surface area contributed by atoms with Gasteiger partial charge in [-0.3, -0.25) is 0 Å². The van der Waals surface area contributed by atoms with Gasteiger partial charge >= 0.3 is 0 Å². The number of thioether (sulfide) groups is 1. The Kier molecular flexibility index (Phi) is 6.91. The molecule has 3 N–H and O–H groups in total. The normalized spacial score (nSPS) is 20.3. The lowest BCUT2D eigenvalue weighted by Crippen LogP contribution is -2.34. The highest BCUT2D eigenvalue weighted by Gasteiger charge is 2.21. The van der Waals surface area contributed by atoms with Crippen LogP contribution in [0.2, 0.25) is 0 Å². The number of hydrogen-bond acceptors (Lipinski definition) is 3. The van der Waals surface area contributed by atoms with Gasteiger partial charge in [-0.2, -0.15) is 0 Å². The largest absolute Gasteiger partial charge is 0.392 e. The second-order valence-corrected chi connectivity index (χ2v) is 7.02. The van der Waals surface area contributed by atoms with Crippen LogP contribution in [-0.2, 0) is 0 Å². The van der Waals surface area contributed by atoms with E-state index in [0.717, 1.165) is 12.2 Å². The average molecular weight is 293 g/mol. The molecular formula is C17H27NOS. The molecule has 1 aliphatic rings. The molecule has 2 unspecified atom stereocenters. The molecule has 2 atom stereocenters. The molecule has 0 radical (unpaired) electrons. The molecule has 1 fully saturated rings. The maximum atomic E-state index is 10.2. The zero-order chi connectivity index (χ0) is 14.2. The molecule has 0 aromatic heterocycles. The van der Waals surface area contributed by atoms with E-state index in [1.54, 1.807) is 11.8 Å². The highest BCUT2D eigenvalue weighted by molar-refractivity contribution is 7.99. The van der Waals surface area contributed by atoms with E-state index in [1.165, 1.54) is 43.4 Å². The summed E-state index contributed by atoms with van der Waals surface area (Å²) in [5, 5.41) is 10.2. The Balaban J connectivity index is 1.71. The summed E-state index contributed by atoms with van der Waals surface area (Å²) < 4.78 is 0. The molecule has 0 amide bonds. The van der Waals surface area contributed by atoms with Crippen molar-refractivity contribution in [2.75, 3.05) is 5.75 Å². The van der Waals surface area contributed by atoms with E-state index >= 15 is 0 Å². The fraction of sp³-hybridized carbons (Fsp3) is 0.647. The van der Waals surface area contributed by atoms with Crippen LogP contribution in [-0.4, -0.2) is 23.0 Å². The zero-order valence-corrected chi connectivity index (χ0v) is 13.0. The van der Waals surface area contributed by atoms with Crippen LogP contribution >= 0.6 is 11.8 Å². The lowest BCUT2D eigenvalue weighted by molar-refractivity contribution is 0.163. The molecule has 3 heteroatoms. The summed E-state index contributed by atoms with van der Waals surface area (Å²) in [6, 6.07) is 10.4. The first-order chi connectivity index (χ1) is 9.75. The second-order valence-electron chi connectivity index (χ2n) is 5.93. The van der Waals surface area contributed by atoms with Gasteiger partial charge in [-0.05, 0) is 37.3 Å². The van der Waals surface area contributed by atoms with Crippen LogP contribution in [0.3, 0.4) is 0 Å². The Morgan fingerprint density at radius 1 is 1.10 bits per heavy atom. The summed E-state index contributed by atoms with van der Waals surface area (Å²) >= 11 is 1.72. The van der Waals surface area contributed by atoms with E-state index in [1.807, 2.05) is 18.2 Å². The first-order valence-electron chi connectivity index (χ1n) is 7.87. The van der Waals surface area contributed by atoms with Crippen molar-refractivity contribution in [2.45, 2.75) is 62.0 Å². The lowest BCUT2D eigenvalue weighted by atomic mass is 9.89. The maximum Gasteiger partial charge on any atom is 0.0648 e. The summed E-state index contributed by atoms with van der Waals surface area (Å²) in [6.45, 7) is 0. The SMILES string of the molecule is NC(CC(O)CSc1ccccc1)C1CCCCCC1. The molecule has 2 rings (SSSR count). The van der Waals surface area contributed by atoms with Crippen LogP contribution in [0, 0.1) is 5.92 Å². The van der Waals surface area contributed by atoms with Gasteiger partial charge in [0, 0.05) is 16.7 Å². The van der Waals surface area contributed by atoms with Crippen molar-refractivity contribution in [3.63, 3.8) is 0 Å². The van der Waals surface area contributed by atoms with Crippen LogP contribution in [0.4, 0.5) is 0 Å². The third kappa shape index (κ3) is 5.47. The van der Waals surface area contributed by atoms with Crippen molar-refractivity contribution < 1.29 is 5.11 Å². The third-order valence-electron chi connectivity index (χ3n) is 4.24. The number of rotatable bonds is 6. The van der Waals surface area contributed by atoms with E-state index in [9.17, 15) is 5.11 Å². The lowest BCUT2D eigenvalue weighted by Gasteiger charge is -2.24. The van der Waals surface area contributed by atoms with E-state index < -0.39 is 0 Å². The molecule has 0 saturated heterocycles. The quantitative estimate of drug-likeness (QED) is 0.619. The van der Waals surface area contributed by atoms with Gasteiger partial charge in [0.25, 0.3) is 0 Å². The van der Waals surface area contributed by atoms with Crippen molar-refractivity contribution in [3.8, 4) is 0 Å². The van der Waals surface area contributed by atoms with Gasteiger partial charge in [0.15, 0.2) is 0 Å². The Morgan fingerprint density at radius 3 is 2.40 bits per heavy atom. The number of hydrogen-bond donors (Lipinski definition) is 2. The third-order valence-corrected chi connectivity index (χ3v) is 5.39. The minimum absolute atomic E-state index is 0.166. The molecule has 112 valence electrons. The van der Waals surface area contributed by atoms with Gasteiger partial charge in [0.05, 0.1) is 6.10 Å². The maximum absolute atomic E-state index is 10.2. The standard InChI is InChI=1S/C17H27NOS/c18-17(14-8-4-1-2-5-9-14)12-15(19)13-20-16-10-6-3-7-11-16/h3,6-7,10-11,14-15,17,19H,1-2,4-5,8-9,12-13,18H2. The molecule has 1 saturated carbocycles. The Morgan fingerprint density at radius 2 is 1.75 bits per heavy atom. The number of aliphatic hydroxyl groups excluding tert-OH is 1. The van der Waals surface area contributed by atoms with Crippen molar-refractivity contribution in [3.05, 3.63) is 30.3 Å². The molecule has 20 heavy (non-hydrogen) atoms. The minimum Gasteiger partial charge on any atom is -0.392 e. The molecule has 1 aromatic carbocycles. The fourth-order valence-corrected chi connectivity index (χ4v) is 3.89. The summed E-state index contributed by atoms with van der Waals surface area (Å²) in [4.78, 5) is 1.22. The molecular weight excluding hydrogens is 266 g/mol. The molecule has 0 heterocycles. The average Bonchev–Trinajstić information content (AvgIpc) is 2.75. The van der Waals surface area contributed by atoms with Crippen LogP contribution in [0.25, 0.3) is 0 Å². The predicted molar refractivity (Wildman–Crippen MR) is 87.0 cm³/mol. The van der Waals surface area contributed by atoms with Gasteiger partial charge in [0.1, 0.15) is 0 Å². The summed E-state index contributed by atoms with van der Waals surface area (Å²) in [6.07, 6.45) is 8.29. The number of benzene rings is 1. The monoisotopic (exact) mass is 293 g/mol. The summed E-state index contributed by atoms with van der Waals surface area (Å²) in [5.74, 6) is 1.36. The summed E-state index contributed by atoms with van der Waals surface area (Å²) in [7, 11) is 0. The van der Waals surface area contributed by atoms with Gasteiger partial charge in [-0.1, -0.05) is 43.9 Å². The summed E-state index contributed by atoms with van der Waals surface area (Å²) in [5.41, 5.74) is 6.32. The van der Waals surface area contributed by atoms with Gasteiger partial charge in [0.2, 0.25) is 0 Å². The molecule has 0 spiro atoms. The predicted octanol–water partition coefficient (Wildman–Crippen LogP) is 3.83. The van der Waals surface area contributed by atoms with E-state index in [-0.39, 0.29) is 12.1 Å². The fourth-order valence-electron chi connectivity index (χ4n) is 3.02. The van der Waals surface area contributed by atoms with Crippen LogP contribution < -0.4 is 5.73 Å². The second kappa shape index (κ2) is 8.71. The van der Waals surface area contributed by atoms with Crippen LogP contribution in [0.5, 0.6) is 0 Å². The topological polar surface area (TPSA) is 46.2 Å². The first-order valence-corrected chi connectivity index (χ1v) is 8.86.